The molecule has 0 amide bonds. The SMILES string of the molecule is CCOC(=O)C[C@@H]1CCc2cc(OCCCOc3ccc(-c4nc5c(s4)CCC5)cc3)ccc21. The second-order valence-corrected chi connectivity index (χ2v) is 10.0. The molecule has 0 N–H and O–H groups in total. The largest absolute Gasteiger partial charge is 0.493 e. The molecule has 1 atom stereocenters. The molecule has 0 bridgehead atoms. The highest BCUT2D eigenvalue weighted by Gasteiger charge is 2.25. The number of thiazole rings is 1. The molecule has 0 spiro atoms. The Balaban J connectivity index is 1.05. The van der Waals surface area contributed by atoms with Crippen LogP contribution in [0.3, 0.4) is 0 Å². The predicted octanol–water partition coefficient (Wildman–Crippen LogP) is 6.13. The Labute approximate surface area is 205 Å². The lowest BCUT2D eigenvalue weighted by Crippen LogP contribution is -2.08. The molecule has 6 heteroatoms. The number of aryl methyl sites for hydroxylation is 3. The third-order valence-electron chi connectivity index (χ3n) is 6.56. The number of fused-ring (bicyclic) bond motifs is 2. The molecule has 0 unspecified atom stereocenters. The van der Waals surface area contributed by atoms with Crippen LogP contribution in [0.4, 0.5) is 0 Å². The summed E-state index contributed by atoms with van der Waals surface area (Å²) >= 11 is 1.83. The number of benzene rings is 2. The van der Waals surface area contributed by atoms with Gasteiger partial charge in [0.1, 0.15) is 16.5 Å². The number of carbonyl (C=O) groups is 1. The van der Waals surface area contributed by atoms with E-state index < -0.39 is 0 Å². The van der Waals surface area contributed by atoms with Crippen LogP contribution in [-0.2, 0) is 28.8 Å². The number of rotatable bonds is 10. The Hall–Kier alpha value is -2.86. The van der Waals surface area contributed by atoms with Gasteiger partial charge in [-0.15, -0.1) is 11.3 Å². The minimum atomic E-state index is -0.109. The fraction of sp³-hybridized carbons (Fsp3) is 0.429. The second kappa shape index (κ2) is 10.6. The van der Waals surface area contributed by atoms with Crippen LogP contribution in [0.25, 0.3) is 10.6 Å². The Morgan fingerprint density at radius 1 is 1.03 bits per heavy atom. The summed E-state index contributed by atoms with van der Waals surface area (Å²) in [5.74, 6) is 1.91. The van der Waals surface area contributed by atoms with Gasteiger partial charge in [-0.2, -0.15) is 0 Å². The molecule has 34 heavy (non-hydrogen) atoms. The third-order valence-corrected chi connectivity index (χ3v) is 7.76. The minimum Gasteiger partial charge on any atom is -0.493 e. The molecule has 0 saturated carbocycles. The van der Waals surface area contributed by atoms with Gasteiger partial charge in [-0.25, -0.2) is 4.98 Å². The highest BCUT2D eigenvalue weighted by Crippen LogP contribution is 2.37. The van der Waals surface area contributed by atoms with Gasteiger partial charge in [0.25, 0.3) is 0 Å². The average Bonchev–Trinajstić information content (AvgIpc) is 3.55. The summed E-state index contributed by atoms with van der Waals surface area (Å²) in [4.78, 5) is 18.1. The number of aromatic nitrogens is 1. The van der Waals surface area contributed by atoms with E-state index in [1.807, 2.05) is 36.5 Å². The smallest absolute Gasteiger partial charge is 0.306 e. The van der Waals surface area contributed by atoms with Crippen molar-refractivity contribution < 1.29 is 19.0 Å². The van der Waals surface area contributed by atoms with Gasteiger partial charge >= 0.3 is 5.97 Å². The zero-order valence-electron chi connectivity index (χ0n) is 19.7. The van der Waals surface area contributed by atoms with Crippen LogP contribution in [0.5, 0.6) is 11.5 Å². The van der Waals surface area contributed by atoms with E-state index in [1.165, 1.54) is 34.5 Å². The topological polar surface area (TPSA) is 57.7 Å². The van der Waals surface area contributed by atoms with E-state index in [0.29, 0.717) is 26.2 Å². The normalized spacial score (nSPS) is 16.2. The number of carbonyl (C=O) groups excluding carboxylic acids is 1. The summed E-state index contributed by atoms with van der Waals surface area (Å²) in [6.45, 7) is 3.50. The van der Waals surface area contributed by atoms with E-state index in [9.17, 15) is 4.79 Å². The van der Waals surface area contributed by atoms with Gasteiger partial charge in [0.15, 0.2) is 0 Å². The summed E-state index contributed by atoms with van der Waals surface area (Å²) in [5.41, 5.74) is 5.00. The highest BCUT2D eigenvalue weighted by molar-refractivity contribution is 7.15. The fourth-order valence-electron chi connectivity index (χ4n) is 4.85. The monoisotopic (exact) mass is 477 g/mol. The van der Waals surface area contributed by atoms with Gasteiger partial charge in [-0.05, 0) is 92.5 Å². The lowest BCUT2D eigenvalue weighted by atomic mass is 9.98. The second-order valence-electron chi connectivity index (χ2n) is 8.92. The maximum Gasteiger partial charge on any atom is 0.306 e. The molecule has 0 fully saturated rings. The van der Waals surface area contributed by atoms with Crippen LogP contribution in [0, 0.1) is 0 Å². The van der Waals surface area contributed by atoms with Gasteiger partial charge in [-0.1, -0.05) is 6.07 Å². The zero-order valence-corrected chi connectivity index (χ0v) is 20.5. The average molecular weight is 478 g/mol. The van der Waals surface area contributed by atoms with Crippen molar-refractivity contribution in [1.82, 2.24) is 4.98 Å². The first-order chi connectivity index (χ1) is 16.7. The molecule has 2 aromatic carbocycles. The fourth-order valence-corrected chi connectivity index (χ4v) is 6.01. The maximum atomic E-state index is 11.8. The number of hydrogen-bond donors (Lipinski definition) is 0. The van der Waals surface area contributed by atoms with E-state index in [-0.39, 0.29) is 11.9 Å². The minimum absolute atomic E-state index is 0.109. The molecule has 5 nitrogen and oxygen atoms in total. The predicted molar refractivity (Wildman–Crippen MR) is 134 cm³/mol. The lowest BCUT2D eigenvalue weighted by molar-refractivity contribution is -0.143. The van der Waals surface area contributed by atoms with E-state index in [2.05, 4.69) is 24.3 Å². The summed E-state index contributed by atoms with van der Waals surface area (Å²) in [6.07, 6.45) is 6.80. The first kappa shape index (κ1) is 22.9. The first-order valence-corrected chi connectivity index (χ1v) is 13.1. The Morgan fingerprint density at radius 2 is 1.82 bits per heavy atom. The van der Waals surface area contributed by atoms with Crippen LogP contribution in [0.1, 0.15) is 60.2 Å². The first-order valence-electron chi connectivity index (χ1n) is 12.3. The molecular weight excluding hydrogens is 446 g/mol. The number of ether oxygens (including phenoxy) is 3. The van der Waals surface area contributed by atoms with E-state index in [0.717, 1.165) is 47.8 Å². The molecule has 0 radical (unpaired) electrons. The number of hydrogen-bond acceptors (Lipinski definition) is 6. The van der Waals surface area contributed by atoms with Crippen LogP contribution in [0.15, 0.2) is 42.5 Å². The van der Waals surface area contributed by atoms with Gasteiger partial charge in [-0.3, -0.25) is 4.79 Å². The molecular formula is C28H31NO4S. The van der Waals surface area contributed by atoms with Crippen molar-refractivity contribution in [3.63, 3.8) is 0 Å². The summed E-state index contributed by atoms with van der Waals surface area (Å²) in [5, 5.41) is 1.12. The van der Waals surface area contributed by atoms with E-state index in [1.54, 1.807) is 0 Å². The summed E-state index contributed by atoms with van der Waals surface area (Å²) in [6, 6.07) is 14.5. The van der Waals surface area contributed by atoms with Crippen LogP contribution in [0.2, 0.25) is 0 Å². The van der Waals surface area contributed by atoms with Crippen molar-refractivity contribution in [3.8, 4) is 22.1 Å². The van der Waals surface area contributed by atoms with Crippen molar-refractivity contribution in [2.24, 2.45) is 0 Å². The standard InChI is InChI=1S/C28H31NO4S/c1-2-31-27(30)18-21-8-7-20-17-23(13-14-24(20)21)33-16-4-15-32-22-11-9-19(10-12-22)28-29-25-5-3-6-26(25)34-28/h9-14,17,21H,2-8,15-16,18H2,1H3/t21-/m0/s1. The number of esters is 1. The van der Waals surface area contributed by atoms with Crippen molar-refractivity contribution in [1.29, 1.82) is 0 Å². The Kier molecular flexibility index (Phi) is 7.14. The lowest BCUT2D eigenvalue weighted by Gasteiger charge is -2.12. The maximum absolute atomic E-state index is 11.8. The molecule has 0 aliphatic heterocycles. The Bertz CT molecular complexity index is 1120. The highest BCUT2D eigenvalue weighted by atomic mass is 32.1. The molecule has 2 aliphatic carbocycles. The van der Waals surface area contributed by atoms with Crippen LogP contribution >= 0.6 is 11.3 Å². The van der Waals surface area contributed by atoms with Crippen molar-refractivity contribution in [2.75, 3.05) is 19.8 Å². The van der Waals surface area contributed by atoms with Gasteiger partial charge < -0.3 is 14.2 Å². The molecule has 1 heterocycles. The van der Waals surface area contributed by atoms with E-state index in [4.69, 9.17) is 19.2 Å². The van der Waals surface area contributed by atoms with Gasteiger partial charge in [0, 0.05) is 16.9 Å². The van der Waals surface area contributed by atoms with Gasteiger partial charge in [0.2, 0.25) is 0 Å². The van der Waals surface area contributed by atoms with E-state index >= 15 is 0 Å². The van der Waals surface area contributed by atoms with Gasteiger partial charge in [0.05, 0.1) is 31.9 Å². The summed E-state index contributed by atoms with van der Waals surface area (Å²) < 4.78 is 17.0. The van der Waals surface area contributed by atoms with Crippen LogP contribution in [-0.4, -0.2) is 30.8 Å². The van der Waals surface area contributed by atoms with Crippen molar-refractivity contribution >= 4 is 17.3 Å². The third kappa shape index (κ3) is 5.27. The van der Waals surface area contributed by atoms with Crippen molar-refractivity contribution in [3.05, 3.63) is 64.2 Å². The molecule has 178 valence electrons. The Morgan fingerprint density at radius 3 is 2.62 bits per heavy atom. The molecule has 0 saturated heterocycles. The zero-order chi connectivity index (χ0) is 23.3. The van der Waals surface area contributed by atoms with Crippen molar-refractivity contribution in [2.45, 2.75) is 57.8 Å². The molecule has 5 rings (SSSR count). The number of nitrogens with zero attached hydrogens (tertiary/aromatic N) is 1. The van der Waals surface area contributed by atoms with Crippen LogP contribution < -0.4 is 9.47 Å². The molecule has 1 aromatic heterocycles. The quantitative estimate of drug-likeness (QED) is 0.260. The summed E-state index contributed by atoms with van der Waals surface area (Å²) in [7, 11) is 0. The molecule has 2 aliphatic rings. The molecule has 3 aromatic rings.